The molecule has 0 radical (unpaired) electrons. The van der Waals surface area contributed by atoms with Crippen LogP contribution >= 0.6 is 8.58 Å². The summed E-state index contributed by atoms with van der Waals surface area (Å²) in [7, 11) is 0.651. The summed E-state index contributed by atoms with van der Waals surface area (Å²) in [5.41, 5.74) is 5.33. The minimum absolute atomic E-state index is 0.651. The summed E-state index contributed by atoms with van der Waals surface area (Å²) >= 11 is 0. The molecule has 0 fully saturated rings. The molecular formula is C17H19P. The van der Waals surface area contributed by atoms with Crippen LogP contribution in [0.25, 0.3) is 5.31 Å². The third kappa shape index (κ3) is 2.89. The summed E-state index contributed by atoms with van der Waals surface area (Å²) in [4.78, 5) is 0. The number of benzene rings is 2. The van der Waals surface area contributed by atoms with Gasteiger partial charge in [-0.1, -0.05) is 63.2 Å². The zero-order valence-electron chi connectivity index (χ0n) is 11.2. The van der Waals surface area contributed by atoms with Crippen molar-refractivity contribution in [3.05, 3.63) is 71.3 Å². The van der Waals surface area contributed by atoms with Gasteiger partial charge in [0, 0.05) is 0 Å². The number of hydrogen-bond donors (Lipinski definition) is 0. The molecule has 1 atom stereocenters. The second kappa shape index (κ2) is 5.50. The molecule has 2 rings (SSSR count). The average Bonchev–Trinajstić information content (AvgIpc) is 2.28. The fourth-order valence-electron chi connectivity index (χ4n) is 2.41. The SMILES string of the molecule is C=C(Pc1ccccc1)c1c(C)cc(C)cc1C. The Morgan fingerprint density at radius 1 is 0.944 bits per heavy atom. The Balaban J connectivity index is 2.30. The molecule has 0 heterocycles. The highest BCUT2D eigenvalue weighted by Crippen LogP contribution is 2.35. The van der Waals surface area contributed by atoms with Gasteiger partial charge in [-0.3, -0.25) is 0 Å². The highest BCUT2D eigenvalue weighted by Gasteiger charge is 2.08. The smallest absolute Gasteiger partial charge is 0.0126 e. The lowest BCUT2D eigenvalue weighted by Crippen LogP contribution is -1.96. The van der Waals surface area contributed by atoms with E-state index in [0.29, 0.717) is 8.58 Å². The molecule has 2 aromatic carbocycles. The van der Waals surface area contributed by atoms with Gasteiger partial charge in [-0.15, -0.1) is 0 Å². The summed E-state index contributed by atoms with van der Waals surface area (Å²) < 4.78 is 0. The molecule has 0 spiro atoms. The molecule has 1 unspecified atom stereocenters. The van der Waals surface area contributed by atoms with Crippen molar-refractivity contribution in [2.45, 2.75) is 20.8 Å². The highest BCUT2D eigenvalue weighted by molar-refractivity contribution is 7.58. The standard InChI is InChI=1S/C17H19P/c1-12-10-13(2)17(14(3)11-12)15(4)18-16-8-6-5-7-9-16/h5-11,18H,4H2,1-3H3. The molecule has 0 aromatic heterocycles. The quantitative estimate of drug-likeness (QED) is 0.703. The van der Waals surface area contributed by atoms with Crippen molar-refractivity contribution in [1.82, 2.24) is 0 Å². The fraction of sp³-hybridized carbons (Fsp3) is 0.176. The summed E-state index contributed by atoms with van der Waals surface area (Å²) in [6.07, 6.45) is 0. The van der Waals surface area contributed by atoms with Crippen molar-refractivity contribution >= 4 is 19.2 Å². The molecule has 2 aromatic rings. The van der Waals surface area contributed by atoms with Crippen molar-refractivity contribution in [3.63, 3.8) is 0 Å². The van der Waals surface area contributed by atoms with Gasteiger partial charge < -0.3 is 0 Å². The molecule has 0 N–H and O–H groups in total. The van der Waals surface area contributed by atoms with E-state index in [1.54, 1.807) is 0 Å². The fourth-order valence-corrected chi connectivity index (χ4v) is 3.64. The topological polar surface area (TPSA) is 0 Å². The van der Waals surface area contributed by atoms with E-state index < -0.39 is 0 Å². The molecule has 92 valence electrons. The summed E-state index contributed by atoms with van der Waals surface area (Å²) in [5.74, 6) is 0. The Hall–Kier alpha value is -1.39. The lowest BCUT2D eigenvalue weighted by Gasteiger charge is -2.14. The summed E-state index contributed by atoms with van der Waals surface area (Å²) in [6.45, 7) is 10.8. The van der Waals surface area contributed by atoms with Crippen molar-refractivity contribution < 1.29 is 0 Å². The van der Waals surface area contributed by atoms with Crippen LogP contribution < -0.4 is 5.30 Å². The van der Waals surface area contributed by atoms with E-state index in [4.69, 9.17) is 0 Å². The molecule has 0 amide bonds. The van der Waals surface area contributed by atoms with Crippen LogP contribution in [0.15, 0.2) is 49.0 Å². The molecule has 0 saturated carbocycles. The minimum Gasteiger partial charge on any atom is -0.0906 e. The first-order valence-electron chi connectivity index (χ1n) is 6.17. The Morgan fingerprint density at radius 2 is 1.50 bits per heavy atom. The van der Waals surface area contributed by atoms with Gasteiger partial charge >= 0.3 is 0 Å². The largest absolute Gasteiger partial charge is 0.0906 e. The zero-order valence-corrected chi connectivity index (χ0v) is 12.2. The molecule has 18 heavy (non-hydrogen) atoms. The second-order valence-corrected chi connectivity index (χ2v) is 6.17. The Morgan fingerprint density at radius 3 is 2.06 bits per heavy atom. The third-order valence-electron chi connectivity index (χ3n) is 3.05. The second-order valence-electron chi connectivity index (χ2n) is 4.74. The Labute approximate surface area is 112 Å². The van der Waals surface area contributed by atoms with Gasteiger partial charge in [0.25, 0.3) is 0 Å². The maximum Gasteiger partial charge on any atom is -0.0126 e. The molecule has 0 aliphatic carbocycles. The van der Waals surface area contributed by atoms with E-state index in [0.717, 1.165) is 0 Å². The summed E-state index contributed by atoms with van der Waals surface area (Å²) in [6, 6.07) is 15.0. The van der Waals surface area contributed by atoms with E-state index in [-0.39, 0.29) is 0 Å². The highest BCUT2D eigenvalue weighted by atomic mass is 31.1. The van der Waals surface area contributed by atoms with E-state index in [2.05, 4.69) is 69.8 Å². The van der Waals surface area contributed by atoms with Gasteiger partial charge in [0.1, 0.15) is 0 Å². The van der Waals surface area contributed by atoms with Crippen molar-refractivity contribution in [2.75, 3.05) is 0 Å². The monoisotopic (exact) mass is 254 g/mol. The van der Waals surface area contributed by atoms with Crippen molar-refractivity contribution in [2.24, 2.45) is 0 Å². The van der Waals surface area contributed by atoms with Crippen LogP contribution in [0.2, 0.25) is 0 Å². The predicted octanol–water partition coefficient (Wildman–Crippen LogP) is 4.59. The first-order chi connectivity index (χ1) is 8.58. The van der Waals surface area contributed by atoms with Crippen LogP contribution in [-0.2, 0) is 0 Å². The van der Waals surface area contributed by atoms with Gasteiger partial charge in [-0.25, -0.2) is 0 Å². The van der Waals surface area contributed by atoms with E-state index in [1.807, 2.05) is 0 Å². The van der Waals surface area contributed by atoms with Crippen LogP contribution in [0, 0.1) is 20.8 Å². The lowest BCUT2D eigenvalue weighted by molar-refractivity contribution is 1.30. The molecule has 0 bridgehead atoms. The third-order valence-corrected chi connectivity index (χ3v) is 4.22. The Bertz CT molecular complexity index is 544. The molecular weight excluding hydrogens is 235 g/mol. The summed E-state index contributed by atoms with van der Waals surface area (Å²) in [5, 5.41) is 2.58. The van der Waals surface area contributed by atoms with Crippen molar-refractivity contribution in [1.29, 1.82) is 0 Å². The normalized spacial score (nSPS) is 11.1. The van der Waals surface area contributed by atoms with E-state index in [1.165, 1.54) is 32.9 Å². The molecule has 0 aliphatic rings. The first-order valence-corrected chi connectivity index (χ1v) is 7.17. The van der Waals surface area contributed by atoms with Crippen LogP contribution in [0.3, 0.4) is 0 Å². The van der Waals surface area contributed by atoms with Gasteiger partial charge in [-0.05, 0) is 48.1 Å². The van der Waals surface area contributed by atoms with Crippen LogP contribution in [0.4, 0.5) is 0 Å². The molecule has 0 aliphatic heterocycles. The Kier molecular flexibility index (Phi) is 3.99. The zero-order chi connectivity index (χ0) is 13.1. The molecule has 0 nitrogen and oxygen atoms in total. The van der Waals surface area contributed by atoms with E-state index in [9.17, 15) is 0 Å². The maximum absolute atomic E-state index is 4.28. The van der Waals surface area contributed by atoms with Gasteiger partial charge in [-0.2, -0.15) is 0 Å². The minimum atomic E-state index is 0.651. The van der Waals surface area contributed by atoms with Crippen molar-refractivity contribution in [3.8, 4) is 0 Å². The number of aryl methyl sites for hydroxylation is 3. The average molecular weight is 254 g/mol. The van der Waals surface area contributed by atoms with Gasteiger partial charge in [0.15, 0.2) is 0 Å². The first kappa shape index (κ1) is 13.1. The van der Waals surface area contributed by atoms with E-state index >= 15 is 0 Å². The van der Waals surface area contributed by atoms with Crippen LogP contribution in [0.5, 0.6) is 0 Å². The molecule has 1 heteroatoms. The maximum atomic E-state index is 4.28. The molecule has 0 saturated heterocycles. The lowest BCUT2D eigenvalue weighted by atomic mass is 10.00. The predicted molar refractivity (Wildman–Crippen MR) is 84.1 cm³/mol. The number of rotatable bonds is 3. The number of hydrogen-bond acceptors (Lipinski definition) is 0. The van der Waals surface area contributed by atoms with Gasteiger partial charge in [0.05, 0.1) is 0 Å². The van der Waals surface area contributed by atoms with Crippen LogP contribution in [0.1, 0.15) is 22.3 Å². The van der Waals surface area contributed by atoms with Crippen LogP contribution in [-0.4, -0.2) is 0 Å². The van der Waals surface area contributed by atoms with Gasteiger partial charge in [0.2, 0.25) is 0 Å².